The Hall–Kier alpha value is -1.61. The molecule has 1 unspecified atom stereocenters. The van der Waals surface area contributed by atoms with E-state index >= 15 is 0 Å². The third-order valence-electron chi connectivity index (χ3n) is 5.02. The smallest absolute Gasteiger partial charge is 0.0596 e. The lowest BCUT2D eigenvalue weighted by Gasteiger charge is -2.47. The van der Waals surface area contributed by atoms with Gasteiger partial charge in [0, 0.05) is 30.1 Å². The number of rotatable bonds is 5. The van der Waals surface area contributed by atoms with Gasteiger partial charge in [0.2, 0.25) is 0 Å². The molecule has 0 spiro atoms. The van der Waals surface area contributed by atoms with E-state index in [1.807, 2.05) is 0 Å². The maximum atomic E-state index is 6.67. The lowest BCUT2D eigenvalue weighted by atomic mass is 9.59. The lowest BCUT2D eigenvalue weighted by Crippen LogP contribution is -2.51. The minimum atomic E-state index is 0.162. The van der Waals surface area contributed by atoms with Crippen LogP contribution >= 0.6 is 0 Å². The van der Waals surface area contributed by atoms with Crippen LogP contribution in [0.1, 0.15) is 43.1 Å². The van der Waals surface area contributed by atoms with Crippen molar-refractivity contribution in [1.29, 1.82) is 0 Å². The van der Waals surface area contributed by atoms with Crippen LogP contribution in [-0.4, -0.2) is 15.8 Å². The zero-order valence-corrected chi connectivity index (χ0v) is 13.0. The van der Waals surface area contributed by atoms with Gasteiger partial charge in [-0.3, -0.25) is 4.68 Å². The zero-order chi connectivity index (χ0) is 14.9. The average molecular weight is 283 g/mol. The summed E-state index contributed by atoms with van der Waals surface area (Å²) in [7, 11) is 0. The second-order valence-corrected chi connectivity index (χ2v) is 6.28. The second kappa shape index (κ2) is 5.64. The molecule has 3 rings (SSSR count). The van der Waals surface area contributed by atoms with Gasteiger partial charge < -0.3 is 5.73 Å². The standard InChI is InChI=1S/C18H25N3/c1-3-21-16(12-14(2)20-21)13-17(19)18(10-7-11-18)15-8-5-4-6-9-15/h4-6,8-9,12,17H,3,7,10-11,13,19H2,1-2H3. The van der Waals surface area contributed by atoms with Crippen LogP contribution in [0.15, 0.2) is 36.4 Å². The van der Waals surface area contributed by atoms with Gasteiger partial charge in [0.15, 0.2) is 0 Å². The second-order valence-electron chi connectivity index (χ2n) is 6.28. The molecule has 0 radical (unpaired) electrons. The largest absolute Gasteiger partial charge is 0.327 e. The van der Waals surface area contributed by atoms with Crippen molar-refractivity contribution in [3.8, 4) is 0 Å². The van der Waals surface area contributed by atoms with Gasteiger partial charge in [0.1, 0.15) is 0 Å². The Morgan fingerprint density at radius 2 is 2.00 bits per heavy atom. The molecule has 2 N–H and O–H groups in total. The summed E-state index contributed by atoms with van der Waals surface area (Å²) in [4.78, 5) is 0. The number of hydrogen-bond acceptors (Lipinski definition) is 2. The molecule has 1 aliphatic rings. The predicted molar refractivity (Wildman–Crippen MR) is 86.3 cm³/mol. The molecule has 1 heterocycles. The minimum Gasteiger partial charge on any atom is -0.327 e. The number of nitrogens with two attached hydrogens (primary N) is 1. The molecule has 1 aromatic heterocycles. The van der Waals surface area contributed by atoms with E-state index in [2.05, 4.69) is 60.0 Å². The highest BCUT2D eigenvalue weighted by atomic mass is 15.3. The molecule has 0 saturated heterocycles. The molecule has 2 aromatic rings. The Kier molecular flexibility index (Phi) is 3.85. The van der Waals surface area contributed by atoms with Crippen LogP contribution in [0.3, 0.4) is 0 Å². The first-order valence-electron chi connectivity index (χ1n) is 8.00. The molecule has 112 valence electrons. The molecular formula is C18H25N3. The van der Waals surface area contributed by atoms with Gasteiger partial charge in [-0.15, -0.1) is 0 Å². The molecule has 3 heteroatoms. The number of nitrogens with zero attached hydrogens (tertiary/aromatic N) is 2. The van der Waals surface area contributed by atoms with E-state index in [4.69, 9.17) is 5.73 Å². The summed E-state index contributed by atoms with van der Waals surface area (Å²) in [5, 5.41) is 4.54. The topological polar surface area (TPSA) is 43.8 Å². The summed E-state index contributed by atoms with van der Waals surface area (Å²) < 4.78 is 2.09. The summed E-state index contributed by atoms with van der Waals surface area (Å²) in [6.07, 6.45) is 4.60. The number of benzene rings is 1. The van der Waals surface area contributed by atoms with Crippen LogP contribution in [-0.2, 0) is 18.4 Å². The third kappa shape index (κ3) is 2.51. The Morgan fingerprint density at radius 3 is 2.57 bits per heavy atom. The Bertz CT molecular complexity index is 596. The molecular weight excluding hydrogens is 258 g/mol. The highest BCUT2D eigenvalue weighted by molar-refractivity contribution is 5.31. The SMILES string of the molecule is CCn1nc(C)cc1CC(N)C1(c2ccccc2)CCC1. The van der Waals surface area contributed by atoms with E-state index < -0.39 is 0 Å². The average Bonchev–Trinajstić information content (AvgIpc) is 2.78. The fraction of sp³-hybridized carbons (Fsp3) is 0.500. The van der Waals surface area contributed by atoms with E-state index in [9.17, 15) is 0 Å². The van der Waals surface area contributed by atoms with Crippen LogP contribution in [0.2, 0.25) is 0 Å². The van der Waals surface area contributed by atoms with Crippen LogP contribution in [0.5, 0.6) is 0 Å². The first-order chi connectivity index (χ1) is 10.2. The normalized spacial score (nSPS) is 18.2. The number of hydrogen-bond donors (Lipinski definition) is 1. The Balaban J connectivity index is 1.85. The molecule has 1 aromatic carbocycles. The van der Waals surface area contributed by atoms with E-state index in [0.29, 0.717) is 0 Å². The van der Waals surface area contributed by atoms with Crippen LogP contribution in [0.25, 0.3) is 0 Å². The van der Waals surface area contributed by atoms with Gasteiger partial charge in [-0.2, -0.15) is 5.10 Å². The van der Waals surface area contributed by atoms with Crippen LogP contribution in [0, 0.1) is 6.92 Å². The van der Waals surface area contributed by atoms with E-state index in [-0.39, 0.29) is 11.5 Å². The van der Waals surface area contributed by atoms with Crippen molar-refractivity contribution < 1.29 is 0 Å². The van der Waals surface area contributed by atoms with Crippen molar-refractivity contribution in [3.63, 3.8) is 0 Å². The fourth-order valence-corrected chi connectivity index (χ4v) is 3.66. The summed E-state index contributed by atoms with van der Waals surface area (Å²) in [5.41, 5.74) is 10.6. The first-order valence-corrected chi connectivity index (χ1v) is 8.00. The molecule has 1 fully saturated rings. The summed E-state index contributed by atoms with van der Waals surface area (Å²) >= 11 is 0. The van der Waals surface area contributed by atoms with Crippen LogP contribution in [0.4, 0.5) is 0 Å². The molecule has 0 aliphatic heterocycles. The van der Waals surface area contributed by atoms with E-state index in [1.54, 1.807) is 0 Å². The summed E-state index contributed by atoms with van der Waals surface area (Å²) in [5.74, 6) is 0. The molecule has 1 atom stereocenters. The maximum absolute atomic E-state index is 6.67. The van der Waals surface area contributed by atoms with Crippen molar-refractivity contribution in [2.75, 3.05) is 0 Å². The van der Waals surface area contributed by atoms with Gasteiger partial charge in [-0.1, -0.05) is 36.8 Å². The summed E-state index contributed by atoms with van der Waals surface area (Å²) in [6, 6.07) is 13.2. The predicted octanol–water partition coefficient (Wildman–Crippen LogP) is 3.20. The van der Waals surface area contributed by atoms with E-state index in [0.717, 1.165) is 18.7 Å². The van der Waals surface area contributed by atoms with Gasteiger partial charge in [0.05, 0.1) is 5.69 Å². The molecule has 0 amide bonds. The minimum absolute atomic E-state index is 0.162. The maximum Gasteiger partial charge on any atom is 0.0596 e. The number of aromatic nitrogens is 2. The molecule has 0 bridgehead atoms. The highest BCUT2D eigenvalue weighted by Crippen LogP contribution is 2.46. The third-order valence-corrected chi connectivity index (χ3v) is 5.02. The Morgan fingerprint density at radius 1 is 1.29 bits per heavy atom. The van der Waals surface area contributed by atoms with Gasteiger partial charge >= 0.3 is 0 Å². The molecule has 1 saturated carbocycles. The number of aryl methyl sites for hydroxylation is 2. The summed E-state index contributed by atoms with van der Waals surface area (Å²) in [6.45, 7) is 5.10. The van der Waals surface area contributed by atoms with E-state index in [1.165, 1.54) is 30.5 Å². The molecule has 1 aliphatic carbocycles. The zero-order valence-electron chi connectivity index (χ0n) is 13.0. The Labute approximate surface area is 127 Å². The molecule has 3 nitrogen and oxygen atoms in total. The van der Waals surface area contributed by atoms with Crippen molar-refractivity contribution >= 4 is 0 Å². The monoisotopic (exact) mass is 283 g/mol. The van der Waals surface area contributed by atoms with Crippen molar-refractivity contribution in [3.05, 3.63) is 53.3 Å². The lowest BCUT2D eigenvalue weighted by molar-refractivity contribution is 0.192. The van der Waals surface area contributed by atoms with Gasteiger partial charge in [0.25, 0.3) is 0 Å². The molecule has 21 heavy (non-hydrogen) atoms. The van der Waals surface area contributed by atoms with Gasteiger partial charge in [-0.05, 0) is 38.3 Å². The van der Waals surface area contributed by atoms with Crippen molar-refractivity contribution in [1.82, 2.24) is 9.78 Å². The highest BCUT2D eigenvalue weighted by Gasteiger charge is 2.43. The van der Waals surface area contributed by atoms with Gasteiger partial charge in [-0.25, -0.2) is 0 Å². The quantitative estimate of drug-likeness (QED) is 0.915. The first kappa shape index (κ1) is 14.3. The van der Waals surface area contributed by atoms with Crippen LogP contribution < -0.4 is 5.73 Å². The van der Waals surface area contributed by atoms with Crippen molar-refractivity contribution in [2.45, 2.75) is 57.5 Å². The van der Waals surface area contributed by atoms with Crippen molar-refractivity contribution in [2.24, 2.45) is 5.73 Å². The fourth-order valence-electron chi connectivity index (χ4n) is 3.66.